The van der Waals surface area contributed by atoms with Gasteiger partial charge in [-0.3, -0.25) is 24.6 Å². The molecule has 2 bridgehead atoms. The Kier molecular flexibility index (Phi) is 5.53. The Labute approximate surface area is 201 Å². The van der Waals surface area contributed by atoms with E-state index in [2.05, 4.69) is 37.7 Å². The standard InChI is InChI=1S/C23H27N7O5/c1-23(2,3)35-22(34)28-18-17-19(26-10-25-18)29(11-27-17)9-14(31)24-6-7-30-20(32)15-12-4-5-13(8-12)16(15)21(30)33/h4-5,10-13,15-16H,6-9H2,1-3H3,(H,24,31)(H,25,26,28,34)/t12-,13+,15+,16-. The lowest BCUT2D eigenvalue weighted by molar-refractivity contribution is -0.141. The number of anilines is 1. The fourth-order valence-corrected chi connectivity index (χ4v) is 5.19. The summed E-state index contributed by atoms with van der Waals surface area (Å²) in [7, 11) is 0. The number of carbonyl (C=O) groups is 4. The quantitative estimate of drug-likeness (QED) is 0.460. The first-order valence-electron chi connectivity index (χ1n) is 11.6. The van der Waals surface area contributed by atoms with E-state index >= 15 is 0 Å². The number of nitrogens with one attached hydrogen (secondary N) is 2. The lowest BCUT2D eigenvalue weighted by atomic mass is 9.85. The zero-order valence-corrected chi connectivity index (χ0v) is 19.7. The molecule has 4 amide bonds. The van der Waals surface area contributed by atoms with Crippen molar-refractivity contribution in [3.05, 3.63) is 24.8 Å². The summed E-state index contributed by atoms with van der Waals surface area (Å²) in [5.41, 5.74) is 0.00360. The summed E-state index contributed by atoms with van der Waals surface area (Å²) in [6.07, 6.45) is 7.00. The summed E-state index contributed by atoms with van der Waals surface area (Å²) in [5, 5.41) is 5.29. The van der Waals surface area contributed by atoms with E-state index < -0.39 is 11.7 Å². The Morgan fingerprint density at radius 1 is 1.09 bits per heavy atom. The average Bonchev–Trinajstić information content (AvgIpc) is 3.53. The van der Waals surface area contributed by atoms with Gasteiger partial charge in [-0.1, -0.05) is 12.2 Å². The minimum Gasteiger partial charge on any atom is -0.444 e. The molecule has 1 aliphatic heterocycles. The molecule has 1 saturated carbocycles. The first-order chi connectivity index (χ1) is 16.6. The number of imide groups is 1. The Morgan fingerprint density at radius 2 is 1.77 bits per heavy atom. The summed E-state index contributed by atoms with van der Waals surface area (Å²) in [5.74, 6) is -0.585. The predicted molar refractivity (Wildman–Crippen MR) is 123 cm³/mol. The number of hydrogen-bond acceptors (Lipinski definition) is 8. The molecule has 184 valence electrons. The number of aromatic nitrogens is 4. The second-order valence-electron chi connectivity index (χ2n) is 10.1. The third kappa shape index (κ3) is 4.24. The van der Waals surface area contributed by atoms with Gasteiger partial charge in [-0.05, 0) is 39.0 Å². The molecule has 5 rings (SSSR count). The molecule has 0 radical (unpaired) electrons. The van der Waals surface area contributed by atoms with Crippen LogP contribution in [0.3, 0.4) is 0 Å². The van der Waals surface area contributed by atoms with Gasteiger partial charge in [-0.15, -0.1) is 0 Å². The molecule has 0 spiro atoms. The van der Waals surface area contributed by atoms with E-state index in [4.69, 9.17) is 4.74 Å². The molecule has 3 aliphatic rings. The first-order valence-corrected chi connectivity index (χ1v) is 11.6. The predicted octanol–water partition coefficient (Wildman–Crippen LogP) is 1.10. The Morgan fingerprint density at radius 3 is 2.43 bits per heavy atom. The second kappa shape index (κ2) is 8.43. The van der Waals surface area contributed by atoms with Gasteiger partial charge in [0.15, 0.2) is 17.0 Å². The lowest BCUT2D eigenvalue weighted by Gasteiger charge is -2.19. The van der Waals surface area contributed by atoms with Crippen molar-refractivity contribution in [1.29, 1.82) is 0 Å². The van der Waals surface area contributed by atoms with E-state index in [1.807, 2.05) is 0 Å². The van der Waals surface area contributed by atoms with Gasteiger partial charge in [0.05, 0.1) is 18.2 Å². The summed E-state index contributed by atoms with van der Waals surface area (Å²) < 4.78 is 6.76. The zero-order valence-electron chi connectivity index (χ0n) is 19.7. The molecule has 2 fully saturated rings. The highest BCUT2D eigenvalue weighted by atomic mass is 16.6. The lowest BCUT2D eigenvalue weighted by Crippen LogP contribution is -2.40. The minimum atomic E-state index is -0.677. The van der Waals surface area contributed by atoms with E-state index in [0.717, 1.165) is 6.42 Å². The molecule has 1 saturated heterocycles. The van der Waals surface area contributed by atoms with E-state index in [1.165, 1.54) is 22.1 Å². The maximum atomic E-state index is 12.7. The molecular formula is C23H27N7O5. The van der Waals surface area contributed by atoms with Crippen molar-refractivity contribution < 1.29 is 23.9 Å². The smallest absolute Gasteiger partial charge is 0.413 e. The maximum absolute atomic E-state index is 12.7. The molecule has 0 aromatic carbocycles. The topological polar surface area (TPSA) is 148 Å². The molecular weight excluding hydrogens is 454 g/mol. The van der Waals surface area contributed by atoms with Gasteiger partial charge in [0.25, 0.3) is 0 Å². The molecule has 0 unspecified atom stereocenters. The first kappa shape index (κ1) is 22.9. The van der Waals surface area contributed by atoms with Crippen LogP contribution in [0.1, 0.15) is 27.2 Å². The summed E-state index contributed by atoms with van der Waals surface area (Å²) in [4.78, 5) is 63.8. The minimum absolute atomic E-state index is 0.0827. The fourth-order valence-electron chi connectivity index (χ4n) is 5.19. The van der Waals surface area contributed by atoms with Crippen molar-refractivity contribution in [3.63, 3.8) is 0 Å². The highest BCUT2D eigenvalue weighted by molar-refractivity contribution is 6.06. The van der Waals surface area contributed by atoms with Crippen LogP contribution in [0, 0.1) is 23.7 Å². The number of fused-ring (bicyclic) bond motifs is 6. The van der Waals surface area contributed by atoms with Gasteiger partial charge in [0, 0.05) is 13.1 Å². The van der Waals surface area contributed by atoms with Crippen molar-refractivity contribution >= 4 is 40.8 Å². The molecule has 4 atom stereocenters. The highest BCUT2D eigenvalue weighted by Gasteiger charge is 2.58. The van der Waals surface area contributed by atoms with Crippen LogP contribution >= 0.6 is 0 Å². The highest BCUT2D eigenvalue weighted by Crippen LogP contribution is 2.52. The third-order valence-electron chi connectivity index (χ3n) is 6.55. The third-order valence-corrected chi connectivity index (χ3v) is 6.55. The molecule has 2 aliphatic carbocycles. The van der Waals surface area contributed by atoms with E-state index in [1.54, 1.807) is 20.8 Å². The average molecular weight is 482 g/mol. The van der Waals surface area contributed by atoms with Crippen LogP contribution in [0.5, 0.6) is 0 Å². The second-order valence-corrected chi connectivity index (χ2v) is 10.1. The molecule has 3 heterocycles. The van der Waals surface area contributed by atoms with E-state index in [0.29, 0.717) is 11.2 Å². The number of likely N-dealkylation sites (tertiary alicyclic amines) is 1. The number of hydrogen-bond donors (Lipinski definition) is 2. The van der Waals surface area contributed by atoms with Crippen molar-refractivity contribution in [1.82, 2.24) is 29.7 Å². The van der Waals surface area contributed by atoms with E-state index in [9.17, 15) is 19.2 Å². The van der Waals surface area contributed by atoms with Crippen LogP contribution in [0.2, 0.25) is 0 Å². The number of nitrogens with zero attached hydrogens (tertiary/aromatic N) is 5. The summed E-state index contributed by atoms with van der Waals surface area (Å²) in [6.45, 7) is 5.46. The number of ether oxygens (including phenoxy) is 1. The largest absolute Gasteiger partial charge is 0.444 e. The Bertz CT molecular complexity index is 1220. The number of allylic oxidation sites excluding steroid dienone is 2. The zero-order chi connectivity index (χ0) is 24.9. The Balaban J connectivity index is 1.17. The molecule has 2 aromatic heterocycles. The van der Waals surface area contributed by atoms with Gasteiger partial charge in [-0.25, -0.2) is 19.7 Å². The van der Waals surface area contributed by atoms with Crippen LogP contribution in [0.25, 0.3) is 11.2 Å². The number of rotatable bonds is 6. The Hall–Kier alpha value is -3.83. The van der Waals surface area contributed by atoms with Crippen LogP contribution in [0.15, 0.2) is 24.8 Å². The molecule has 2 N–H and O–H groups in total. The number of imidazole rings is 1. The normalized spacial score (nSPS) is 24.8. The van der Waals surface area contributed by atoms with Crippen molar-refractivity contribution in [2.24, 2.45) is 23.7 Å². The van der Waals surface area contributed by atoms with Crippen molar-refractivity contribution in [2.75, 3.05) is 18.4 Å². The fraction of sp³-hybridized carbons (Fsp3) is 0.522. The van der Waals surface area contributed by atoms with Gasteiger partial charge in [0.1, 0.15) is 18.5 Å². The van der Waals surface area contributed by atoms with Gasteiger partial charge < -0.3 is 14.6 Å². The van der Waals surface area contributed by atoms with Crippen LogP contribution in [-0.4, -0.2) is 66.9 Å². The number of amides is 4. The molecule has 2 aromatic rings. The summed E-state index contributed by atoms with van der Waals surface area (Å²) >= 11 is 0. The van der Waals surface area contributed by atoms with Crippen LogP contribution in [0.4, 0.5) is 10.6 Å². The molecule has 35 heavy (non-hydrogen) atoms. The molecule has 12 heteroatoms. The molecule has 12 nitrogen and oxygen atoms in total. The van der Waals surface area contributed by atoms with E-state index in [-0.39, 0.29) is 66.8 Å². The van der Waals surface area contributed by atoms with Crippen molar-refractivity contribution in [2.45, 2.75) is 39.3 Å². The van der Waals surface area contributed by atoms with Crippen LogP contribution < -0.4 is 10.6 Å². The number of carbonyl (C=O) groups excluding carboxylic acids is 4. The van der Waals surface area contributed by atoms with Gasteiger partial charge >= 0.3 is 6.09 Å². The van der Waals surface area contributed by atoms with Crippen molar-refractivity contribution in [3.8, 4) is 0 Å². The van der Waals surface area contributed by atoms with Crippen LogP contribution in [-0.2, 0) is 25.7 Å². The maximum Gasteiger partial charge on any atom is 0.413 e. The monoisotopic (exact) mass is 481 g/mol. The van der Waals surface area contributed by atoms with Gasteiger partial charge in [-0.2, -0.15) is 0 Å². The van der Waals surface area contributed by atoms with Gasteiger partial charge in [0.2, 0.25) is 17.7 Å². The SMILES string of the molecule is CC(C)(C)OC(=O)Nc1ncnc2c1ncn2CC(=O)NCCN1C(=O)[C@@H]2[C@H](C1=O)[C@H]1C=C[C@@H]2C1. The summed E-state index contributed by atoms with van der Waals surface area (Å²) in [6, 6.07) is 0.